The number of likely N-dealkylation sites (tertiary alicyclic amines) is 1. The molecule has 0 aliphatic carbocycles. The number of benzene rings is 2. The molecule has 2 aromatic rings. The minimum atomic E-state index is -0.920. The molecule has 1 atom stereocenters. The van der Waals surface area contributed by atoms with E-state index >= 15 is 0 Å². The van der Waals surface area contributed by atoms with Crippen molar-refractivity contribution in [3.05, 3.63) is 65.2 Å². The number of aromatic carboxylic acids is 1. The Morgan fingerprint density at radius 1 is 0.966 bits per heavy atom. The quantitative estimate of drug-likeness (QED) is 0.862. The summed E-state index contributed by atoms with van der Waals surface area (Å²) in [5, 5.41) is 9.24. The molecule has 2 saturated heterocycles. The molecule has 2 aliphatic heterocycles. The smallest absolute Gasteiger partial charge is 0.335 e. The highest BCUT2D eigenvalue weighted by molar-refractivity contribution is 5.94. The second kappa shape index (κ2) is 8.66. The van der Waals surface area contributed by atoms with Crippen LogP contribution in [0.5, 0.6) is 0 Å². The van der Waals surface area contributed by atoms with E-state index < -0.39 is 5.97 Å². The highest BCUT2D eigenvalue weighted by atomic mass is 16.5. The molecule has 2 fully saturated rings. The number of hydrogen-bond donors (Lipinski definition) is 1. The number of carbonyl (C=O) groups is 2. The van der Waals surface area contributed by atoms with Gasteiger partial charge in [-0.05, 0) is 54.8 Å². The maximum atomic E-state index is 13.0. The van der Waals surface area contributed by atoms with Gasteiger partial charge >= 0.3 is 5.97 Å². The van der Waals surface area contributed by atoms with Crippen molar-refractivity contribution in [1.82, 2.24) is 4.90 Å². The molecule has 2 aromatic carbocycles. The Hall–Kier alpha value is -2.86. The lowest BCUT2D eigenvalue weighted by atomic mass is 9.89. The summed E-state index contributed by atoms with van der Waals surface area (Å²) < 4.78 is 5.39. The second-order valence-electron chi connectivity index (χ2n) is 7.67. The van der Waals surface area contributed by atoms with Crippen molar-refractivity contribution in [3.63, 3.8) is 0 Å². The van der Waals surface area contributed by atoms with Crippen molar-refractivity contribution >= 4 is 17.6 Å². The molecule has 0 spiro atoms. The maximum Gasteiger partial charge on any atom is 0.335 e. The van der Waals surface area contributed by atoms with Crippen molar-refractivity contribution in [2.24, 2.45) is 0 Å². The number of anilines is 1. The molecule has 2 aliphatic rings. The molecule has 6 heteroatoms. The molecule has 1 N–H and O–H groups in total. The van der Waals surface area contributed by atoms with Crippen LogP contribution in [0.25, 0.3) is 0 Å². The lowest BCUT2D eigenvalue weighted by Gasteiger charge is -2.33. The number of ether oxygens (including phenoxy) is 1. The first kappa shape index (κ1) is 19.5. The molecular weight excluding hydrogens is 368 g/mol. The summed E-state index contributed by atoms with van der Waals surface area (Å²) in [4.78, 5) is 28.5. The Bertz CT molecular complexity index is 875. The van der Waals surface area contributed by atoms with Gasteiger partial charge in [-0.1, -0.05) is 12.1 Å². The summed E-state index contributed by atoms with van der Waals surface area (Å²) in [7, 11) is 0. The molecule has 0 unspecified atom stereocenters. The number of rotatable bonds is 4. The molecule has 4 rings (SSSR count). The molecule has 0 aromatic heterocycles. The van der Waals surface area contributed by atoms with E-state index in [1.54, 1.807) is 18.2 Å². The molecule has 152 valence electrons. The van der Waals surface area contributed by atoms with Gasteiger partial charge < -0.3 is 19.6 Å². The normalized spacial score (nSPS) is 19.8. The molecule has 0 saturated carbocycles. The van der Waals surface area contributed by atoms with E-state index in [9.17, 15) is 14.7 Å². The van der Waals surface area contributed by atoms with E-state index in [0.29, 0.717) is 17.7 Å². The summed E-state index contributed by atoms with van der Waals surface area (Å²) in [6.45, 7) is 4.57. The Kier molecular flexibility index (Phi) is 5.81. The van der Waals surface area contributed by atoms with Crippen molar-refractivity contribution < 1.29 is 19.4 Å². The molecule has 0 bridgehead atoms. The number of carboxylic acid groups (broad SMARTS) is 1. The average Bonchev–Trinajstić information content (AvgIpc) is 2.79. The number of piperidine rings is 1. The Balaban J connectivity index is 1.44. The van der Waals surface area contributed by atoms with Crippen LogP contribution in [-0.2, 0) is 4.74 Å². The topological polar surface area (TPSA) is 70.1 Å². The van der Waals surface area contributed by atoms with Crippen LogP contribution in [0.2, 0.25) is 0 Å². The van der Waals surface area contributed by atoms with Crippen LogP contribution in [-0.4, -0.2) is 61.3 Å². The monoisotopic (exact) mass is 394 g/mol. The third kappa shape index (κ3) is 4.43. The summed E-state index contributed by atoms with van der Waals surface area (Å²) >= 11 is 0. The number of nitrogens with zero attached hydrogens (tertiary/aromatic N) is 2. The molecular formula is C23H26N2O4. The fraction of sp³-hybridized carbons (Fsp3) is 0.391. The third-order valence-corrected chi connectivity index (χ3v) is 5.80. The summed E-state index contributed by atoms with van der Waals surface area (Å²) in [5.41, 5.74) is 3.10. The molecule has 29 heavy (non-hydrogen) atoms. The first-order valence-corrected chi connectivity index (χ1v) is 10.2. The lowest BCUT2D eigenvalue weighted by molar-refractivity contribution is 0.0688. The van der Waals surface area contributed by atoms with Gasteiger partial charge in [0.25, 0.3) is 5.91 Å². The van der Waals surface area contributed by atoms with E-state index in [0.717, 1.165) is 56.9 Å². The van der Waals surface area contributed by atoms with Gasteiger partial charge in [0, 0.05) is 43.3 Å². The standard InChI is InChI=1S/C23H26N2O4/c26-22(17-6-8-21(9-7-17)24-11-13-29-14-12-24)25-10-2-5-20(16-25)18-3-1-4-19(15-18)23(27)28/h1,3-4,6-9,15,20H,2,5,10-14,16H2,(H,27,28)/t20-/m1/s1. The van der Waals surface area contributed by atoms with Gasteiger partial charge in [-0.2, -0.15) is 0 Å². The fourth-order valence-electron chi connectivity index (χ4n) is 4.18. The molecule has 1 amide bonds. The van der Waals surface area contributed by atoms with Crippen LogP contribution in [0, 0.1) is 0 Å². The first-order valence-electron chi connectivity index (χ1n) is 10.2. The van der Waals surface area contributed by atoms with Crippen molar-refractivity contribution in [1.29, 1.82) is 0 Å². The zero-order valence-electron chi connectivity index (χ0n) is 16.4. The van der Waals surface area contributed by atoms with Gasteiger partial charge in [-0.25, -0.2) is 4.79 Å². The van der Waals surface area contributed by atoms with Gasteiger partial charge in [0.05, 0.1) is 18.8 Å². The zero-order valence-corrected chi connectivity index (χ0v) is 16.4. The summed E-state index contributed by atoms with van der Waals surface area (Å²) in [5.74, 6) is -0.715. The molecule has 6 nitrogen and oxygen atoms in total. The van der Waals surface area contributed by atoms with E-state index in [-0.39, 0.29) is 11.8 Å². The minimum Gasteiger partial charge on any atom is -0.478 e. The van der Waals surface area contributed by atoms with Gasteiger partial charge in [-0.15, -0.1) is 0 Å². The Labute approximate surface area is 170 Å². The summed E-state index contributed by atoms with van der Waals surface area (Å²) in [6, 6.07) is 14.9. The predicted molar refractivity (Wildman–Crippen MR) is 111 cm³/mol. The van der Waals surface area contributed by atoms with Crippen LogP contribution in [0.15, 0.2) is 48.5 Å². The van der Waals surface area contributed by atoms with E-state index in [4.69, 9.17) is 4.74 Å². The van der Waals surface area contributed by atoms with Crippen molar-refractivity contribution in [3.8, 4) is 0 Å². The van der Waals surface area contributed by atoms with Gasteiger partial charge in [0.15, 0.2) is 0 Å². The molecule has 2 heterocycles. The van der Waals surface area contributed by atoms with Crippen LogP contribution in [0.3, 0.4) is 0 Å². The Morgan fingerprint density at radius 2 is 1.72 bits per heavy atom. The van der Waals surface area contributed by atoms with E-state index in [2.05, 4.69) is 4.90 Å². The van der Waals surface area contributed by atoms with Crippen molar-refractivity contribution in [2.75, 3.05) is 44.3 Å². The number of morpholine rings is 1. The summed E-state index contributed by atoms with van der Waals surface area (Å²) in [6.07, 6.45) is 1.88. The van der Waals surface area contributed by atoms with Crippen LogP contribution in [0.4, 0.5) is 5.69 Å². The van der Waals surface area contributed by atoms with E-state index in [1.165, 1.54) is 0 Å². The van der Waals surface area contributed by atoms with Crippen molar-refractivity contribution in [2.45, 2.75) is 18.8 Å². The SMILES string of the molecule is O=C(O)c1cccc([C@@H]2CCCN(C(=O)c3ccc(N4CCOCC4)cc3)C2)c1. The third-order valence-electron chi connectivity index (χ3n) is 5.80. The van der Waals surface area contributed by atoms with Crippen LogP contribution in [0.1, 0.15) is 45.0 Å². The number of carbonyl (C=O) groups excluding carboxylic acids is 1. The number of hydrogen-bond acceptors (Lipinski definition) is 4. The average molecular weight is 394 g/mol. The minimum absolute atomic E-state index is 0.0395. The Morgan fingerprint density at radius 3 is 2.45 bits per heavy atom. The van der Waals surface area contributed by atoms with Gasteiger partial charge in [0.2, 0.25) is 0 Å². The highest BCUT2D eigenvalue weighted by Crippen LogP contribution is 2.28. The van der Waals surface area contributed by atoms with Gasteiger partial charge in [-0.3, -0.25) is 4.79 Å². The number of carboxylic acids is 1. The second-order valence-corrected chi connectivity index (χ2v) is 7.67. The van der Waals surface area contributed by atoms with Crippen LogP contribution >= 0.6 is 0 Å². The largest absolute Gasteiger partial charge is 0.478 e. The first-order chi connectivity index (χ1) is 14.1. The van der Waals surface area contributed by atoms with E-state index in [1.807, 2.05) is 35.2 Å². The lowest BCUT2D eigenvalue weighted by Crippen LogP contribution is -2.39. The molecule has 0 radical (unpaired) electrons. The predicted octanol–water partition coefficient (Wildman–Crippen LogP) is 3.24. The highest BCUT2D eigenvalue weighted by Gasteiger charge is 2.26. The zero-order chi connectivity index (χ0) is 20.2. The van der Waals surface area contributed by atoms with Gasteiger partial charge in [0.1, 0.15) is 0 Å². The fourth-order valence-corrected chi connectivity index (χ4v) is 4.18. The number of amides is 1. The maximum absolute atomic E-state index is 13.0. The van der Waals surface area contributed by atoms with Crippen LogP contribution < -0.4 is 4.90 Å².